The van der Waals surface area contributed by atoms with Crippen molar-refractivity contribution in [1.29, 1.82) is 0 Å². The van der Waals surface area contributed by atoms with E-state index in [1.165, 1.54) is 11.3 Å². The largest absolute Gasteiger partial charge is 0.506 e. The summed E-state index contributed by atoms with van der Waals surface area (Å²) in [5.41, 5.74) is 3.39. The van der Waals surface area contributed by atoms with Crippen LogP contribution in [0.3, 0.4) is 0 Å². The molecule has 2 aromatic carbocycles. The fourth-order valence-electron chi connectivity index (χ4n) is 4.11. The highest BCUT2D eigenvalue weighted by Crippen LogP contribution is 2.39. The molecule has 224 valence electrons. The first-order valence-corrected chi connectivity index (χ1v) is 15.6. The number of hydrogen-bond donors (Lipinski definition) is 3. The molecule has 2 aromatic heterocycles. The molecular formula is C32H31ClN2O6S2. The minimum atomic E-state index is -0.222. The zero-order chi connectivity index (χ0) is 30.8. The molecule has 0 atom stereocenters. The lowest BCUT2D eigenvalue weighted by atomic mass is 10.0. The summed E-state index contributed by atoms with van der Waals surface area (Å²) in [6.07, 6.45) is 0.773. The third-order valence-electron chi connectivity index (χ3n) is 6.50. The maximum Gasteiger partial charge on any atom is 0.251 e. The maximum absolute atomic E-state index is 12.8. The van der Waals surface area contributed by atoms with E-state index in [4.69, 9.17) is 21.4 Å². The Morgan fingerprint density at radius 3 is 2.35 bits per heavy atom. The Kier molecular flexibility index (Phi) is 11.8. The first-order valence-electron chi connectivity index (χ1n) is 13.6. The van der Waals surface area contributed by atoms with E-state index in [1.54, 1.807) is 43.3 Å². The number of carbonyl (C=O) groups is 3. The van der Waals surface area contributed by atoms with Crippen LogP contribution in [0.25, 0.3) is 10.4 Å². The van der Waals surface area contributed by atoms with E-state index >= 15 is 0 Å². The van der Waals surface area contributed by atoms with Gasteiger partial charge in [-0.3, -0.25) is 19.4 Å². The van der Waals surface area contributed by atoms with Gasteiger partial charge in [-0.25, -0.2) is 0 Å². The first kappa shape index (κ1) is 32.2. The number of nitrogens with zero attached hydrogens (tertiary/aromatic N) is 1. The van der Waals surface area contributed by atoms with Crippen molar-refractivity contribution in [3.8, 4) is 16.2 Å². The van der Waals surface area contributed by atoms with E-state index in [-0.39, 0.29) is 49.4 Å². The number of halogens is 1. The highest BCUT2D eigenvalue weighted by Gasteiger charge is 2.17. The summed E-state index contributed by atoms with van der Waals surface area (Å²) in [5, 5.41) is 24.6. The van der Waals surface area contributed by atoms with Gasteiger partial charge in [0.15, 0.2) is 11.6 Å². The third-order valence-corrected chi connectivity index (χ3v) is 8.94. The van der Waals surface area contributed by atoms with Gasteiger partial charge in [0.1, 0.15) is 12.3 Å². The number of nitrogens with one attached hydrogen (secondary N) is 1. The lowest BCUT2D eigenvalue weighted by molar-refractivity contribution is 0.0837. The number of aromatic hydroxyl groups is 1. The van der Waals surface area contributed by atoms with E-state index in [9.17, 15) is 19.5 Å². The standard InChI is InChI=1S/C32H31ClN2O6S2/c1-20(25-19-42-31(30(25)39)22-7-9-24(33)10-8-22)35-18-27(38)29-13-12-28(43-29)26(37)11-4-21-2-5-23(6-3-21)32(40)34-14-16-41-17-15-36/h2-3,5-10,12-13,19,36,39H,4,11,14-18H2,1H3,(H,34,40). The average Bonchev–Trinajstić information content (AvgIpc) is 3.66. The van der Waals surface area contributed by atoms with Crippen LogP contribution in [0, 0.1) is 0 Å². The number of aliphatic hydroxyl groups is 1. The van der Waals surface area contributed by atoms with E-state index in [2.05, 4.69) is 10.3 Å². The molecule has 11 heteroatoms. The van der Waals surface area contributed by atoms with Crippen molar-refractivity contribution >= 4 is 57.5 Å². The van der Waals surface area contributed by atoms with E-state index in [1.807, 2.05) is 29.6 Å². The lowest BCUT2D eigenvalue weighted by Crippen LogP contribution is -2.27. The van der Waals surface area contributed by atoms with Crippen LogP contribution in [-0.4, -0.2) is 66.3 Å². The van der Waals surface area contributed by atoms with Crippen molar-refractivity contribution in [2.75, 3.05) is 32.9 Å². The predicted octanol–water partition coefficient (Wildman–Crippen LogP) is 6.08. The van der Waals surface area contributed by atoms with Gasteiger partial charge in [-0.1, -0.05) is 35.9 Å². The molecular weight excluding hydrogens is 608 g/mol. The fourth-order valence-corrected chi connectivity index (χ4v) is 6.16. The number of aliphatic hydroxyl groups excluding tert-OH is 1. The molecule has 0 aliphatic rings. The SMILES string of the molecule is CC(=NCC(=O)c1ccc(C(=O)CCc2ccc(C(=O)NCCOCCO)cc2)s1)c1csc(-c2ccc(Cl)cc2)c1O. The zero-order valence-corrected chi connectivity index (χ0v) is 25.9. The van der Waals surface area contributed by atoms with Gasteiger partial charge >= 0.3 is 0 Å². The minimum Gasteiger partial charge on any atom is -0.506 e. The zero-order valence-electron chi connectivity index (χ0n) is 23.5. The molecule has 1 amide bonds. The Labute approximate surface area is 262 Å². The van der Waals surface area contributed by atoms with Crippen LogP contribution < -0.4 is 5.32 Å². The molecule has 43 heavy (non-hydrogen) atoms. The second-order valence-corrected chi connectivity index (χ2v) is 11.9. The summed E-state index contributed by atoms with van der Waals surface area (Å²) in [4.78, 5) is 43.9. The van der Waals surface area contributed by atoms with Crippen LogP contribution in [0.1, 0.15) is 54.2 Å². The number of aryl methyl sites for hydroxylation is 1. The lowest BCUT2D eigenvalue weighted by Gasteiger charge is -2.06. The number of aliphatic imine (C=N–C) groups is 1. The van der Waals surface area contributed by atoms with Gasteiger partial charge in [0.05, 0.1) is 34.5 Å². The summed E-state index contributed by atoms with van der Waals surface area (Å²) >= 11 is 8.50. The van der Waals surface area contributed by atoms with Gasteiger partial charge in [0.2, 0.25) is 0 Å². The molecule has 0 saturated carbocycles. The number of Topliss-reactive ketones (excluding diaryl/α,β-unsaturated/α-hetero) is 2. The summed E-state index contributed by atoms with van der Waals surface area (Å²) < 4.78 is 5.12. The molecule has 0 bridgehead atoms. The van der Waals surface area contributed by atoms with Crippen LogP contribution in [0.5, 0.6) is 5.75 Å². The van der Waals surface area contributed by atoms with Crippen LogP contribution in [0.4, 0.5) is 0 Å². The van der Waals surface area contributed by atoms with Crippen LogP contribution in [0.15, 0.2) is 71.0 Å². The molecule has 0 spiro atoms. The van der Waals surface area contributed by atoms with Gasteiger partial charge in [-0.15, -0.1) is 22.7 Å². The highest BCUT2D eigenvalue weighted by molar-refractivity contribution is 7.16. The number of amides is 1. The summed E-state index contributed by atoms with van der Waals surface area (Å²) in [6, 6.07) is 17.6. The molecule has 0 fully saturated rings. The Balaban J connectivity index is 1.27. The molecule has 2 heterocycles. The van der Waals surface area contributed by atoms with E-state index in [0.29, 0.717) is 56.1 Å². The van der Waals surface area contributed by atoms with E-state index in [0.717, 1.165) is 22.5 Å². The summed E-state index contributed by atoms with van der Waals surface area (Å²) in [7, 11) is 0. The predicted molar refractivity (Wildman–Crippen MR) is 171 cm³/mol. The third kappa shape index (κ3) is 8.92. The number of rotatable bonds is 15. The van der Waals surface area contributed by atoms with E-state index < -0.39 is 0 Å². The molecule has 0 saturated heterocycles. The maximum atomic E-state index is 12.8. The summed E-state index contributed by atoms with van der Waals surface area (Å²) in [5.74, 6) is -0.375. The minimum absolute atomic E-state index is 0.0599. The van der Waals surface area contributed by atoms with Crippen molar-refractivity contribution in [2.45, 2.75) is 19.8 Å². The number of thiophene rings is 2. The fraction of sp³-hybridized carbons (Fsp3) is 0.250. The van der Waals surface area contributed by atoms with Crippen molar-refractivity contribution in [2.24, 2.45) is 4.99 Å². The smallest absolute Gasteiger partial charge is 0.251 e. The quantitative estimate of drug-likeness (QED) is 0.0823. The monoisotopic (exact) mass is 638 g/mol. The number of carbonyl (C=O) groups excluding carboxylic acids is 3. The van der Waals surface area contributed by atoms with Crippen LogP contribution >= 0.6 is 34.3 Å². The van der Waals surface area contributed by atoms with Gasteiger partial charge in [0.25, 0.3) is 5.91 Å². The Bertz CT molecular complexity index is 1590. The Morgan fingerprint density at radius 1 is 0.953 bits per heavy atom. The second-order valence-electron chi connectivity index (χ2n) is 9.53. The molecule has 4 rings (SSSR count). The van der Waals surface area contributed by atoms with Crippen LogP contribution in [-0.2, 0) is 11.2 Å². The van der Waals surface area contributed by atoms with Crippen molar-refractivity contribution in [1.82, 2.24) is 5.32 Å². The van der Waals surface area contributed by atoms with Gasteiger partial charge < -0.3 is 20.3 Å². The molecule has 4 aromatic rings. The van der Waals surface area contributed by atoms with Gasteiger partial charge in [-0.2, -0.15) is 0 Å². The summed E-state index contributed by atoms with van der Waals surface area (Å²) in [6.45, 7) is 2.49. The Hall–Kier alpha value is -3.67. The number of ether oxygens (including phenoxy) is 1. The number of hydrogen-bond acceptors (Lipinski definition) is 9. The molecule has 8 nitrogen and oxygen atoms in total. The molecule has 0 aliphatic carbocycles. The Morgan fingerprint density at radius 2 is 1.65 bits per heavy atom. The molecule has 0 aliphatic heterocycles. The molecule has 3 N–H and O–H groups in total. The van der Waals surface area contributed by atoms with Crippen molar-refractivity contribution in [3.05, 3.63) is 97.5 Å². The van der Waals surface area contributed by atoms with Gasteiger partial charge in [0, 0.05) is 40.2 Å². The van der Waals surface area contributed by atoms with Crippen LogP contribution in [0.2, 0.25) is 5.02 Å². The normalized spacial score (nSPS) is 11.5. The van der Waals surface area contributed by atoms with Gasteiger partial charge in [-0.05, 0) is 60.9 Å². The van der Waals surface area contributed by atoms with Crippen molar-refractivity contribution in [3.63, 3.8) is 0 Å². The first-order chi connectivity index (χ1) is 20.8. The highest BCUT2D eigenvalue weighted by atomic mass is 35.5. The second kappa shape index (κ2) is 15.7. The average molecular weight is 639 g/mol. The van der Waals surface area contributed by atoms with Crippen molar-refractivity contribution < 1.29 is 29.3 Å². The number of ketones is 2. The molecule has 0 unspecified atom stereocenters. The molecule has 0 radical (unpaired) electrons. The number of benzene rings is 2. The topological polar surface area (TPSA) is 125 Å².